The van der Waals surface area contributed by atoms with Crippen LogP contribution in [0.1, 0.15) is 33.8 Å². The highest BCUT2D eigenvalue weighted by Gasteiger charge is 2.23. The van der Waals surface area contributed by atoms with Gasteiger partial charge in [0.05, 0.1) is 30.2 Å². The Morgan fingerprint density at radius 3 is 2.52 bits per heavy atom. The van der Waals surface area contributed by atoms with E-state index in [0.29, 0.717) is 5.69 Å². The first kappa shape index (κ1) is 18.9. The average Bonchev–Trinajstić information content (AvgIpc) is 2.61. The summed E-state index contributed by atoms with van der Waals surface area (Å²) in [5.74, 6) is -2.71. The maximum absolute atomic E-state index is 13.3. The van der Waals surface area contributed by atoms with Crippen molar-refractivity contribution in [2.75, 3.05) is 7.11 Å². The molecule has 0 saturated carbocycles. The minimum absolute atomic E-state index is 0.113. The van der Waals surface area contributed by atoms with E-state index in [1.165, 1.54) is 38.4 Å². The minimum atomic E-state index is -3.84. The lowest BCUT2D eigenvalue weighted by Crippen LogP contribution is -2.28. The van der Waals surface area contributed by atoms with E-state index in [4.69, 9.17) is 0 Å². The van der Waals surface area contributed by atoms with Crippen molar-refractivity contribution < 1.29 is 26.7 Å². The molecule has 2 aromatic rings. The number of pyridine rings is 1. The second-order valence-electron chi connectivity index (χ2n) is 5.21. The molecule has 0 amide bonds. The van der Waals surface area contributed by atoms with Crippen molar-refractivity contribution >= 4 is 16.0 Å². The van der Waals surface area contributed by atoms with Gasteiger partial charge in [-0.2, -0.15) is 0 Å². The third-order valence-electron chi connectivity index (χ3n) is 3.58. The molecule has 0 bridgehead atoms. The van der Waals surface area contributed by atoms with Crippen molar-refractivity contribution in [3.63, 3.8) is 0 Å². The lowest BCUT2D eigenvalue weighted by molar-refractivity contribution is 0.0600. The zero-order valence-corrected chi connectivity index (χ0v) is 14.3. The van der Waals surface area contributed by atoms with Gasteiger partial charge in [-0.3, -0.25) is 4.98 Å². The lowest BCUT2D eigenvalue weighted by atomic mass is 10.1. The van der Waals surface area contributed by atoms with E-state index in [9.17, 15) is 22.0 Å². The molecule has 1 atom stereocenters. The number of halogens is 2. The number of carbonyl (C=O) groups excluding carboxylic acids is 1. The number of aromatic nitrogens is 1. The molecule has 1 heterocycles. The average molecular weight is 370 g/mol. The summed E-state index contributed by atoms with van der Waals surface area (Å²) in [6, 6.07) is 5.89. The van der Waals surface area contributed by atoms with Crippen molar-refractivity contribution in [1.82, 2.24) is 9.71 Å². The highest BCUT2D eigenvalue weighted by atomic mass is 32.2. The minimum Gasteiger partial charge on any atom is -0.465 e. The topological polar surface area (TPSA) is 85.4 Å². The van der Waals surface area contributed by atoms with Gasteiger partial charge in [-0.1, -0.05) is 6.07 Å². The Kier molecular flexibility index (Phi) is 5.81. The second-order valence-corrected chi connectivity index (χ2v) is 7.30. The van der Waals surface area contributed by atoms with Gasteiger partial charge in [-0.15, -0.1) is 0 Å². The molecule has 1 unspecified atom stereocenters. The number of ether oxygens (including phenoxy) is 1. The van der Waals surface area contributed by atoms with Crippen molar-refractivity contribution in [3.05, 3.63) is 65.0 Å². The highest BCUT2D eigenvalue weighted by Crippen LogP contribution is 2.22. The van der Waals surface area contributed by atoms with Crippen molar-refractivity contribution in [2.45, 2.75) is 18.7 Å². The van der Waals surface area contributed by atoms with Crippen molar-refractivity contribution in [3.8, 4) is 0 Å². The fourth-order valence-corrected chi connectivity index (χ4v) is 3.12. The number of esters is 1. The molecule has 2 rings (SSSR count). The summed E-state index contributed by atoms with van der Waals surface area (Å²) < 4.78 is 57.7. The largest absolute Gasteiger partial charge is 0.465 e. The Balaban J connectivity index is 2.07. The number of nitrogens with one attached hydrogen (secondary N) is 1. The molecular weight excluding hydrogens is 354 g/mol. The SMILES string of the molecule is COC(=O)c1ccc(CNS(=O)(=O)C(C)c2ccc(F)c(F)c2)nc1. The maximum atomic E-state index is 13.3. The van der Waals surface area contributed by atoms with Gasteiger partial charge in [0.15, 0.2) is 11.6 Å². The summed E-state index contributed by atoms with van der Waals surface area (Å²) in [7, 11) is -2.60. The van der Waals surface area contributed by atoms with Gasteiger partial charge in [-0.05, 0) is 36.8 Å². The number of carbonyl (C=O) groups is 1. The van der Waals surface area contributed by atoms with Crippen LogP contribution in [0.4, 0.5) is 8.78 Å². The molecule has 0 aliphatic carbocycles. The number of methoxy groups -OCH3 is 1. The van der Waals surface area contributed by atoms with Crippen LogP contribution in [-0.4, -0.2) is 26.5 Å². The molecule has 0 aliphatic heterocycles. The predicted molar refractivity (Wildman–Crippen MR) is 86.1 cm³/mol. The van der Waals surface area contributed by atoms with Gasteiger partial charge in [0.2, 0.25) is 10.0 Å². The Hall–Kier alpha value is -2.39. The molecule has 0 radical (unpaired) electrons. The maximum Gasteiger partial charge on any atom is 0.339 e. The zero-order valence-electron chi connectivity index (χ0n) is 13.5. The number of hydrogen-bond acceptors (Lipinski definition) is 5. The Morgan fingerprint density at radius 1 is 1.24 bits per heavy atom. The summed E-state index contributed by atoms with van der Waals surface area (Å²) in [5.41, 5.74) is 0.748. The number of rotatable bonds is 6. The summed E-state index contributed by atoms with van der Waals surface area (Å²) in [6.07, 6.45) is 1.27. The number of benzene rings is 1. The molecule has 0 aliphatic rings. The van der Waals surface area contributed by atoms with Crippen LogP contribution in [0.5, 0.6) is 0 Å². The Labute approximate surface area is 143 Å². The lowest BCUT2D eigenvalue weighted by Gasteiger charge is -2.14. The monoisotopic (exact) mass is 370 g/mol. The molecule has 9 heteroatoms. The Morgan fingerprint density at radius 2 is 1.96 bits per heavy atom. The number of hydrogen-bond donors (Lipinski definition) is 1. The van der Waals surface area contributed by atoms with E-state index in [0.717, 1.165) is 12.1 Å². The summed E-state index contributed by atoms with van der Waals surface area (Å²) in [5, 5.41) is -1.09. The van der Waals surface area contributed by atoms with Crippen LogP contribution < -0.4 is 4.72 Å². The van der Waals surface area contributed by atoms with Gasteiger partial charge in [0.25, 0.3) is 0 Å². The molecule has 0 fully saturated rings. The third kappa shape index (κ3) is 4.58. The zero-order chi connectivity index (χ0) is 18.6. The van der Waals surface area contributed by atoms with Crippen molar-refractivity contribution in [2.24, 2.45) is 0 Å². The van der Waals surface area contributed by atoms with E-state index < -0.39 is 32.9 Å². The van der Waals surface area contributed by atoms with Crippen LogP contribution in [0.2, 0.25) is 0 Å². The van der Waals surface area contributed by atoms with E-state index >= 15 is 0 Å². The van der Waals surface area contributed by atoms with E-state index in [1.54, 1.807) is 0 Å². The van der Waals surface area contributed by atoms with Crippen LogP contribution in [0.15, 0.2) is 36.5 Å². The van der Waals surface area contributed by atoms with E-state index in [-0.39, 0.29) is 17.7 Å². The van der Waals surface area contributed by atoms with Gasteiger partial charge in [0.1, 0.15) is 0 Å². The van der Waals surface area contributed by atoms with Crippen molar-refractivity contribution in [1.29, 1.82) is 0 Å². The molecule has 1 aromatic carbocycles. The normalized spacial score (nSPS) is 12.6. The Bertz CT molecular complexity index is 870. The molecule has 134 valence electrons. The first-order valence-corrected chi connectivity index (χ1v) is 8.76. The molecule has 6 nitrogen and oxygen atoms in total. The molecule has 25 heavy (non-hydrogen) atoms. The van der Waals surface area contributed by atoms with E-state index in [1.807, 2.05) is 0 Å². The van der Waals surface area contributed by atoms with E-state index in [2.05, 4.69) is 14.4 Å². The summed E-state index contributed by atoms with van der Waals surface area (Å²) in [4.78, 5) is 15.3. The fraction of sp³-hybridized carbons (Fsp3) is 0.250. The van der Waals surface area contributed by atoms with Crippen LogP contribution in [0.25, 0.3) is 0 Å². The van der Waals surface area contributed by atoms with Gasteiger partial charge < -0.3 is 4.74 Å². The van der Waals surface area contributed by atoms with Crippen LogP contribution in [0.3, 0.4) is 0 Å². The molecule has 0 saturated heterocycles. The quantitative estimate of drug-likeness (QED) is 0.789. The first-order valence-electron chi connectivity index (χ1n) is 7.21. The standard InChI is InChI=1S/C16H16F2N2O4S/c1-10(11-4-6-14(17)15(18)7-11)25(22,23)20-9-13-5-3-12(8-19-13)16(21)24-2/h3-8,10,20H,9H2,1-2H3. The summed E-state index contributed by atoms with van der Waals surface area (Å²) in [6.45, 7) is 1.25. The van der Waals surface area contributed by atoms with Crippen LogP contribution >= 0.6 is 0 Å². The fourth-order valence-electron chi connectivity index (χ4n) is 2.01. The number of sulfonamides is 1. The van der Waals surface area contributed by atoms with Gasteiger partial charge in [-0.25, -0.2) is 26.7 Å². The smallest absolute Gasteiger partial charge is 0.339 e. The highest BCUT2D eigenvalue weighted by molar-refractivity contribution is 7.89. The molecule has 0 spiro atoms. The second kappa shape index (κ2) is 7.66. The number of nitrogens with zero attached hydrogens (tertiary/aromatic N) is 1. The van der Waals surface area contributed by atoms with Gasteiger partial charge >= 0.3 is 5.97 Å². The summed E-state index contributed by atoms with van der Waals surface area (Å²) >= 11 is 0. The first-order chi connectivity index (χ1) is 11.7. The van der Waals surface area contributed by atoms with Crippen LogP contribution in [0, 0.1) is 11.6 Å². The molecule has 1 N–H and O–H groups in total. The molecule has 1 aromatic heterocycles. The molecular formula is C16H16F2N2O4S. The third-order valence-corrected chi connectivity index (χ3v) is 5.33. The van der Waals surface area contributed by atoms with Crippen LogP contribution in [-0.2, 0) is 21.3 Å². The predicted octanol–water partition coefficient (Wildman–Crippen LogP) is 2.33. The van der Waals surface area contributed by atoms with Gasteiger partial charge in [0, 0.05) is 6.20 Å².